The maximum absolute atomic E-state index is 10.8. The number of nitrogens with zero attached hydrogens (tertiary/aromatic N) is 1. The number of phenols is 1. The van der Waals surface area contributed by atoms with Crippen LogP contribution in [-0.4, -0.2) is 10.0 Å². The van der Waals surface area contributed by atoms with Crippen molar-refractivity contribution in [3.05, 3.63) is 54.7 Å². The van der Waals surface area contributed by atoms with Gasteiger partial charge in [-0.3, -0.25) is 10.1 Å². The highest BCUT2D eigenvalue weighted by Gasteiger charge is 2.23. The minimum absolute atomic E-state index is 0.328. The van der Waals surface area contributed by atoms with E-state index in [-0.39, 0.29) is 11.4 Å². The number of rotatable bonds is 3. The summed E-state index contributed by atoms with van der Waals surface area (Å²) in [5, 5.41) is 24.4. The Hall–Kier alpha value is -1.44. The molecule has 2 rings (SSSR count). The third kappa shape index (κ3) is 2.38. The van der Waals surface area contributed by atoms with Crippen LogP contribution in [0.5, 0.6) is 5.75 Å². The lowest BCUT2D eigenvalue weighted by Crippen LogP contribution is -2.11. The smallest absolute Gasteiger partial charge is 0.312 e. The number of nitro benzene ring substituents is 1. The second kappa shape index (κ2) is 5.05. The highest BCUT2D eigenvalue weighted by atomic mass is 79.9. The number of thiophene rings is 1. The molecule has 0 bridgehead atoms. The topological polar surface area (TPSA) is 89.4 Å². The van der Waals surface area contributed by atoms with Crippen LogP contribution < -0.4 is 5.73 Å². The van der Waals surface area contributed by atoms with Crippen LogP contribution in [0.15, 0.2) is 33.4 Å². The van der Waals surface area contributed by atoms with Crippen LogP contribution in [0, 0.1) is 10.1 Å². The summed E-state index contributed by atoms with van der Waals surface area (Å²) in [5.74, 6) is -0.387. The zero-order valence-electron chi connectivity index (χ0n) is 9.04. The van der Waals surface area contributed by atoms with Crippen molar-refractivity contribution in [2.24, 2.45) is 5.73 Å². The fourth-order valence-corrected chi connectivity index (χ4v) is 2.77. The van der Waals surface area contributed by atoms with Crippen molar-refractivity contribution in [1.82, 2.24) is 0 Å². The summed E-state index contributed by atoms with van der Waals surface area (Å²) in [5.41, 5.74) is 6.78. The summed E-state index contributed by atoms with van der Waals surface area (Å²) in [6.07, 6.45) is 0. The number of aromatic hydroxyl groups is 1. The predicted octanol–water partition coefficient (Wildman–Crippen LogP) is 3.17. The molecule has 0 aliphatic heterocycles. The average Bonchev–Trinajstić information content (AvgIpc) is 2.84. The van der Waals surface area contributed by atoms with Gasteiger partial charge in [0.1, 0.15) is 0 Å². The van der Waals surface area contributed by atoms with Crippen molar-refractivity contribution >= 4 is 33.0 Å². The van der Waals surface area contributed by atoms with Crippen LogP contribution in [0.3, 0.4) is 0 Å². The predicted molar refractivity (Wildman–Crippen MR) is 72.8 cm³/mol. The maximum atomic E-state index is 10.8. The summed E-state index contributed by atoms with van der Waals surface area (Å²) in [4.78, 5) is 10.2. The van der Waals surface area contributed by atoms with Crippen molar-refractivity contribution in [1.29, 1.82) is 0 Å². The molecule has 0 spiro atoms. The van der Waals surface area contributed by atoms with Gasteiger partial charge in [0.2, 0.25) is 0 Å². The van der Waals surface area contributed by atoms with Crippen LogP contribution >= 0.6 is 27.3 Å². The Morgan fingerprint density at radius 3 is 2.78 bits per heavy atom. The Bertz CT molecular complexity index is 586. The first-order valence-corrected chi connectivity index (χ1v) is 6.68. The summed E-state index contributed by atoms with van der Waals surface area (Å²) in [7, 11) is 0. The second-order valence-corrected chi connectivity index (χ2v) is 5.35. The van der Waals surface area contributed by atoms with E-state index in [0.717, 1.165) is 5.56 Å². The number of hydrogen-bond acceptors (Lipinski definition) is 5. The minimum Gasteiger partial charge on any atom is -0.502 e. The number of halogens is 1. The molecular formula is C11H9BrN2O3S. The molecule has 0 saturated heterocycles. The van der Waals surface area contributed by atoms with Gasteiger partial charge in [-0.05, 0) is 28.5 Å². The van der Waals surface area contributed by atoms with Crippen LogP contribution in [0.1, 0.15) is 17.2 Å². The third-order valence-electron chi connectivity index (χ3n) is 2.52. The molecule has 0 unspecified atom stereocenters. The van der Waals surface area contributed by atoms with E-state index in [1.165, 1.54) is 17.4 Å². The van der Waals surface area contributed by atoms with E-state index in [0.29, 0.717) is 10.0 Å². The molecule has 1 heterocycles. The number of phenolic OH excluding ortho intramolecular Hbond substituents is 1. The first-order chi connectivity index (χ1) is 8.50. The number of nitro groups is 1. The van der Waals surface area contributed by atoms with Gasteiger partial charge in [-0.2, -0.15) is 11.3 Å². The second-order valence-electron chi connectivity index (χ2n) is 3.65. The number of hydrogen-bond donors (Lipinski definition) is 2. The molecule has 5 nitrogen and oxygen atoms in total. The molecule has 1 aromatic heterocycles. The lowest BCUT2D eigenvalue weighted by molar-refractivity contribution is -0.386. The number of benzene rings is 1. The number of nitrogens with two attached hydrogens (primary N) is 1. The summed E-state index contributed by atoms with van der Waals surface area (Å²) < 4.78 is 0.507. The molecule has 0 aliphatic rings. The molecule has 94 valence electrons. The van der Waals surface area contributed by atoms with Gasteiger partial charge in [0, 0.05) is 16.1 Å². The first kappa shape index (κ1) is 13.0. The van der Waals surface area contributed by atoms with E-state index in [4.69, 9.17) is 5.73 Å². The standard InChI is InChI=1S/C11H9BrN2O3S/c12-7-3-8(10(13)6-1-2-18-5-6)11(15)9(4-7)14(16)17/h1-5,10,15H,13H2/t10-/m1/s1. The molecule has 0 amide bonds. The molecule has 1 atom stereocenters. The highest BCUT2D eigenvalue weighted by molar-refractivity contribution is 9.10. The molecule has 0 radical (unpaired) electrons. The van der Waals surface area contributed by atoms with Crippen LogP contribution in [0.2, 0.25) is 0 Å². The molecule has 7 heteroatoms. The summed E-state index contributed by atoms with van der Waals surface area (Å²) in [6.45, 7) is 0. The van der Waals surface area contributed by atoms with E-state index in [1.807, 2.05) is 16.8 Å². The first-order valence-electron chi connectivity index (χ1n) is 4.95. The summed E-state index contributed by atoms with van der Waals surface area (Å²) in [6, 6.07) is 4.07. The van der Waals surface area contributed by atoms with Gasteiger partial charge in [-0.25, -0.2) is 0 Å². The lowest BCUT2D eigenvalue weighted by Gasteiger charge is -2.13. The van der Waals surface area contributed by atoms with Crippen molar-refractivity contribution in [3.63, 3.8) is 0 Å². The zero-order chi connectivity index (χ0) is 13.3. The Balaban J connectivity index is 2.54. The monoisotopic (exact) mass is 328 g/mol. The Morgan fingerprint density at radius 1 is 1.50 bits per heavy atom. The SMILES string of the molecule is N[C@H](c1ccsc1)c1cc(Br)cc([N+](=O)[O-])c1O. The molecule has 18 heavy (non-hydrogen) atoms. The van der Waals surface area contributed by atoms with Gasteiger partial charge in [-0.1, -0.05) is 15.9 Å². The molecular weight excluding hydrogens is 320 g/mol. The molecule has 0 fully saturated rings. The van der Waals surface area contributed by atoms with Crippen molar-refractivity contribution in [3.8, 4) is 5.75 Å². The average molecular weight is 329 g/mol. The Kier molecular flexibility index (Phi) is 3.65. The fraction of sp³-hybridized carbons (Fsp3) is 0.0909. The Labute approximate surface area is 115 Å². The molecule has 0 saturated carbocycles. The van der Waals surface area contributed by atoms with E-state index < -0.39 is 11.0 Å². The molecule has 2 aromatic rings. The lowest BCUT2D eigenvalue weighted by atomic mass is 10.0. The largest absolute Gasteiger partial charge is 0.502 e. The van der Waals surface area contributed by atoms with E-state index in [9.17, 15) is 15.2 Å². The molecule has 0 aliphatic carbocycles. The minimum atomic E-state index is -0.635. The van der Waals surface area contributed by atoms with Crippen molar-refractivity contribution in [2.45, 2.75) is 6.04 Å². The fourth-order valence-electron chi connectivity index (χ4n) is 1.61. The van der Waals surface area contributed by atoms with Gasteiger partial charge < -0.3 is 10.8 Å². The van der Waals surface area contributed by atoms with E-state index in [1.54, 1.807) is 6.07 Å². The van der Waals surface area contributed by atoms with Crippen molar-refractivity contribution in [2.75, 3.05) is 0 Å². The van der Waals surface area contributed by atoms with Crippen molar-refractivity contribution < 1.29 is 10.0 Å². The van der Waals surface area contributed by atoms with Crippen LogP contribution in [0.25, 0.3) is 0 Å². The van der Waals surface area contributed by atoms with E-state index >= 15 is 0 Å². The van der Waals surface area contributed by atoms with Gasteiger partial charge in [0.15, 0.2) is 5.75 Å². The summed E-state index contributed by atoms with van der Waals surface area (Å²) >= 11 is 4.65. The van der Waals surface area contributed by atoms with Gasteiger partial charge in [0.05, 0.1) is 11.0 Å². The van der Waals surface area contributed by atoms with Gasteiger partial charge in [-0.15, -0.1) is 0 Å². The van der Waals surface area contributed by atoms with Gasteiger partial charge in [0.25, 0.3) is 0 Å². The van der Waals surface area contributed by atoms with Crippen LogP contribution in [0.4, 0.5) is 5.69 Å². The van der Waals surface area contributed by atoms with Crippen LogP contribution in [-0.2, 0) is 0 Å². The molecule has 3 N–H and O–H groups in total. The zero-order valence-corrected chi connectivity index (χ0v) is 11.4. The van der Waals surface area contributed by atoms with Gasteiger partial charge >= 0.3 is 5.69 Å². The quantitative estimate of drug-likeness (QED) is 0.668. The third-order valence-corrected chi connectivity index (χ3v) is 3.68. The highest BCUT2D eigenvalue weighted by Crippen LogP contribution is 2.38. The maximum Gasteiger partial charge on any atom is 0.312 e. The Morgan fingerprint density at radius 2 is 2.22 bits per heavy atom. The normalized spacial score (nSPS) is 12.3. The molecule has 1 aromatic carbocycles. The van der Waals surface area contributed by atoms with E-state index in [2.05, 4.69) is 15.9 Å².